The predicted molar refractivity (Wildman–Crippen MR) is 102 cm³/mol. The van der Waals surface area contributed by atoms with Gasteiger partial charge in [0.2, 0.25) is 0 Å². The third-order valence-corrected chi connectivity index (χ3v) is 5.59. The standard InChI is InChI=1S/C21H22N4O2/c26-21(16-7-9-25-18(10-16)6-8-22-25)23-17-11-19-14-27-20(13-24(19)12-17)15-4-2-1-3-5-15/h1-10,17,19-20H,11-14H2,(H,23,26)/t17-,19+,20-/m1/s1. The van der Waals surface area contributed by atoms with Gasteiger partial charge in [0.25, 0.3) is 5.91 Å². The van der Waals surface area contributed by atoms with E-state index in [1.165, 1.54) is 5.56 Å². The first-order valence-corrected chi connectivity index (χ1v) is 9.41. The zero-order valence-corrected chi connectivity index (χ0v) is 15.0. The highest BCUT2D eigenvalue weighted by Gasteiger charge is 2.38. The van der Waals surface area contributed by atoms with Gasteiger partial charge < -0.3 is 10.1 Å². The van der Waals surface area contributed by atoms with Crippen LogP contribution in [0.15, 0.2) is 60.9 Å². The SMILES string of the molecule is O=C(N[C@@H]1C[C@H]2CO[C@@H](c3ccccc3)CN2C1)c1ccn2nccc2c1. The molecule has 2 aromatic heterocycles. The van der Waals surface area contributed by atoms with Crippen molar-refractivity contribution in [3.05, 3.63) is 72.1 Å². The maximum Gasteiger partial charge on any atom is 0.251 e. The van der Waals surface area contributed by atoms with Gasteiger partial charge in [0, 0.05) is 43.1 Å². The van der Waals surface area contributed by atoms with Crippen molar-refractivity contribution in [2.24, 2.45) is 0 Å². The molecule has 6 nitrogen and oxygen atoms in total. The lowest BCUT2D eigenvalue weighted by Gasteiger charge is -2.35. The van der Waals surface area contributed by atoms with Gasteiger partial charge >= 0.3 is 0 Å². The summed E-state index contributed by atoms with van der Waals surface area (Å²) in [5.41, 5.74) is 2.81. The summed E-state index contributed by atoms with van der Waals surface area (Å²) in [6.45, 7) is 2.47. The Morgan fingerprint density at radius 2 is 2.04 bits per heavy atom. The summed E-state index contributed by atoms with van der Waals surface area (Å²) in [7, 11) is 0. The summed E-state index contributed by atoms with van der Waals surface area (Å²) in [5.74, 6) is -0.0240. The average Bonchev–Trinajstić information content (AvgIpc) is 3.33. The lowest BCUT2D eigenvalue weighted by Crippen LogP contribution is -2.43. The van der Waals surface area contributed by atoms with Crippen LogP contribution in [0.5, 0.6) is 0 Å². The first-order valence-electron chi connectivity index (χ1n) is 9.41. The van der Waals surface area contributed by atoms with Crippen LogP contribution in [0.3, 0.4) is 0 Å². The van der Waals surface area contributed by atoms with E-state index in [1.807, 2.05) is 30.5 Å². The lowest BCUT2D eigenvalue weighted by molar-refractivity contribution is -0.0502. The molecule has 0 saturated carbocycles. The highest BCUT2D eigenvalue weighted by molar-refractivity contribution is 5.95. The molecule has 27 heavy (non-hydrogen) atoms. The molecular formula is C21H22N4O2. The van der Waals surface area contributed by atoms with Crippen LogP contribution >= 0.6 is 0 Å². The highest BCUT2D eigenvalue weighted by Crippen LogP contribution is 2.30. The minimum Gasteiger partial charge on any atom is -0.371 e. The number of ether oxygens (including phenoxy) is 1. The highest BCUT2D eigenvalue weighted by atomic mass is 16.5. The maximum atomic E-state index is 12.7. The third-order valence-electron chi connectivity index (χ3n) is 5.59. The van der Waals surface area contributed by atoms with Crippen LogP contribution in [-0.4, -0.2) is 52.2 Å². The predicted octanol–water partition coefficient (Wildman–Crippen LogP) is 2.28. The van der Waals surface area contributed by atoms with E-state index < -0.39 is 0 Å². The Bertz CT molecular complexity index is 955. The number of nitrogens with one attached hydrogen (secondary N) is 1. The molecule has 4 heterocycles. The summed E-state index contributed by atoms with van der Waals surface area (Å²) in [6, 6.07) is 16.5. The van der Waals surface area contributed by atoms with Gasteiger partial charge in [0.15, 0.2) is 0 Å². The molecule has 1 N–H and O–H groups in total. The second-order valence-electron chi connectivity index (χ2n) is 7.36. The minimum absolute atomic E-state index is 0.0240. The molecule has 1 amide bonds. The van der Waals surface area contributed by atoms with E-state index in [0.717, 1.165) is 25.0 Å². The number of amides is 1. The summed E-state index contributed by atoms with van der Waals surface area (Å²) in [5, 5.41) is 7.37. The number of pyridine rings is 1. The van der Waals surface area contributed by atoms with Crippen LogP contribution in [0, 0.1) is 0 Å². The van der Waals surface area contributed by atoms with Gasteiger partial charge in [-0.3, -0.25) is 9.69 Å². The number of hydrogen-bond donors (Lipinski definition) is 1. The van der Waals surface area contributed by atoms with Crippen molar-refractivity contribution in [1.29, 1.82) is 0 Å². The molecule has 0 spiro atoms. The third kappa shape index (κ3) is 3.22. The van der Waals surface area contributed by atoms with Gasteiger partial charge in [-0.05, 0) is 30.2 Å². The number of aromatic nitrogens is 2. The Kier molecular flexibility index (Phi) is 4.14. The lowest BCUT2D eigenvalue weighted by atomic mass is 10.1. The Balaban J connectivity index is 1.23. The van der Waals surface area contributed by atoms with Gasteiger partial charge in [0.05, 0.1) is 18.2 Å². The van der Waals surface area contributed by atoms with Crippen molar-refractivity contribution in [3.8, 4) is 0 Å². The largest absolute Gasteiger partial charge is 0.371 e. The van der Waals surface area contributed by atoms with Crippen molar-refractivity contribution in [2.45, 2.75) is 24.6 Å². The number of carbonyl (C=O) groups excluding carboxylic acids is 1. The van der Waals surface area contributed by atoms with Crippen LogP contribution in [0.4, 0.5) is 0 Å². The van der Waals surface area contributed by atoms with Gasteiger partial charge in [-0.1, -0.05) is 30.3 Å². The van der Waals surface area contributed by atoms with Crippen LogP contribution in [0.25, 0.3) is 5.52 Å². The van der Waals surface area contributed by atoms with Crippen LogP contribution in [-0.2, 0) is 4.74 Å². The molecule has 0 bridgehead atoms. The molecule has 138 valence electrons. The normalized spacial score (nSPS) is 25.4. The van der Waals surface area contributed by atoms with Crippen LogP contribution in [0.2, 0.25) is 0 Å². The molecule has 3 aromatic rings. The number of fused-ring (bicyclic) bond motifs is 2. The van der Waals surface area contributed by atoms with E-state index in [1.54, 1.807) is 10.7 Å². The van der Waals surface area contributed by atoms with Crippen molar-refractivity contribution in [1.82, 2.24) is 19.8 Å². The second kappa shape index (κ2) is 6.79. The molecule has 0 unspecified atom stereocenters. The first kappa shape index (κ1) is 16.5. The van der Waals surface area contributed by atoms with Gasteiger partial charge in [0.1, 0.15) is 0 Å². The van der Waals surface area contributed by atoms with E-state index in [4.69, 9.17) is 4.74 Å². The first-order chi connectivity index (χ1) is 13.3. The Morgan fingerprint density at radius 1 is 1.15 bits per heavy atom. The fourth-order valence-electron chi connectivity index (χ4n) is 4.18. The molecule has 6 heteroatoms. The molecule has 1 aromatic carbocycles. The molecule has 2 fully saturated rings. The van der Waals surface area contributed by atoms with Gasteiger partial charge in [-0.2, -0.15) is 5.10 Å². The fraction of sp³-hybridized carbons (Fsp3) is 0.333. The van der Waals surface area contributed by atoms with E-state index >= 15 is 0 Å². The van der Waals surface area contributed by atoms with Crippen LogP contribution < -0.4 is 5.32 Å². The average molecular weight is 362 g/mol. The number of nitrogens with zero attached hydrogens (tertiary/aromatic N) is 3. The number of carbonyl (C=O) groups is 1. The van der Waals surface area contributed by atoms with E-state index in [0.29, 0.717) is 18.2 Å². The maximum absolute atomic E-state index is 12.7. The van der Waals surface area contributed by atoms with Gasteiger partial charge in [-0.15, -0.1) is 0 Å². The number of morpholine rings is 1. The van der Waals surface area contributed by atoms with E-state index in [9.17, 15) is 4.79 Å². The van der Waals surface area contributed by atoms with Crippen molar-refractivity contribution in [3.63, 3.8) is 0 Å². The summed E-state index contributed by atoms with van der Waals surface area (Å²) in [6.07, 6.45) is 4.60. The minimum atomic E-state index is -0.0240. The zero-order chi connectivity index (χ0) is 18.2. The Labute approximate surface area is 157 Å². The molecular weight excluding hydrogens is 340 g/mol. The second-order valence-corrected chi connectivity index (χ2v) is 7.36. The van der Waals surface area contributed by atoms with E-state index in [2.05, 4.69) is 39.6 Å². The molecule has 2 saturated heterocycles. The number of rotatable bonds is 3. The zero-order valence-electron chi connectivity index (χ0n) is 15.0. The monoisotopic (exact) mass is 362 g/mol. The van der Waals surface area contributed by atoms with Crippen LogP contribution in [0.1, 0.15) is 28.4 Å². The fourth-order valence-corrected chi connectivity index (χ4v) is 4.18. The topological polar surface area (TPSA) is 58.9 Å². The van der Waals surface area contributed by atoms with Crippen molar-refractivity contribution in [2.75, 3.05) is 19.7 Å². The molecule has 0 radical (unpaired) electrons. The summed E-state index contributed by atoms with van der Waals surface area (Å²) in [4.78, 5) is 15.1. The summed E-state index contributed by atoms with van der Waals surface area (Å²) < 4.78 is 7.85. The smallest absolute Gasteiger partial charge is 0.251 e. The molecule has 5 rings (SSSR count). The van der Waals surface area contributed by atoms with Crippen molar-refractivity contribution >= 4 is 11.4 Å². The molecule has 2 aliphatic heterocycles. The molecule has 2 aliphatic rings. The molecule has 0 aliphatic carbocycles. The number of benzene rings is 1. The van der Waals surface area contributed by atoms with Gasteiger partial charge in [-0.25, -0.2) is 4.52 Å². The Hall–Kier alpha value is -2.70. The Morgan fingerprint density at radius 3 is 2.93 bits per heavy atom. The van der Waals surface area contributed by atoms with Crippen molar-refractivity contribution < 1.29 is 9.53 Å². The molecule has 3 atom stereocenters. The van der Waals surface area contributed by atoms with E-state index in [-0.39, 0.29) is 18.1 Å². The quantitative estimate of drug-likeness (QED) is 0.777. The number of hydrogen-bond acceptors (Lipinski definition) is 4. The summed E-state index contributed by atoms with van der Waals surface area (Å²) >= 11 is 0.